The molecule has 0 aliphatic carbocycles. The van der Waals surface area contributed by atoms with Gasteiger partial charge >= 0.3 is 6.03 Å². The van der Waals surface area contributed by atoms with Gasteiger partial charge in [0.1, 0.15) is 0 Å². The largest absolute Gasteiger partial charge is 0.493 e. The minimum Gasteiger partial charge on any atom is -0.493 e. The van der Waals surface area contributed by atoms with Gasteiger partial charge in [-0.15, -0.1) is 0 Å². The van der Waals surface area contributed by atoms with Crippen molar-refractivity contribution in [1.82, 2.24) is 20.2 Å². The number of ether oxygens (including phenoxy) is 2. The number of nitrogens with zero attached hydrogens (tertiary/aromatic N) is 2. The molecular formula is C23H26N4O5S. The molecule has 3 rings (SSSR count). The minimum atomic E-state index is -0.545. The van der Waals surface area contributed by atoms with Crippen LogP contribution in [-0.2, 0) is 11.3 Å². The second-order valence-corrected chi connectivity index (χ2v) is 8.03. The van der Waals surface area contributed by atoms with Crippen molar-refractivity contribution in [3.63, 3.8) is 0 Å². The maximum absolute atomic E-state index is 13.3. The molecule has 33 heavy (non-hydrogen) atoms. The van der Waals surface area contributed by atoms with E-state index in [1.807, 2.05) is 13.0 Å². The molecule has 3 amide bonds. The average molecular weight is 471 g/mol. The molecule has 3 aromatic rings. The van der Waals surface area contributed by atoms with Crippen LogP contribution in [0.3, 0.4) is 0 Å². The second-order valence-electron chi connectivity index (χ2n) is 7.08. The zero-order valence-electron chi connectivity index (χ0n) is 18.7. The lowest BCUT2D eigenvalue weighted by Gasteiger charge is -2.15. The minimum absolute atomic E-state index is 0.0732. The quantitative estimate of drug-likeness (QED) is 0.365. The summed E-state index contributed by atoms with van der Waals surface area (Å²) < 4.78 is 12.2. The van der Waals surface area contributed by atoms with Crippen LogP contribution in [0.25, 0.3) is 10.9 Å². The van der Waals surface area contributed by atoms with E-state index in [0.717, 1.165) is 23.7 Å². The van der Waals surface area contributed by atoms with E-state index in [0.29, 0.717) is 34.1 Å². The van der Waals surface area contributed by atoms with Crippen LogP contribution in [0.1, 0.15) is 18.9 Å². The number of hydrogen-bond donors (Lipinski definition) is 2. The molecule has 0 fully saturated rings. The van der Waals surface area contributed by atoms with Gasteiger partial charge < -0.3 is 14.8 Å². The van der Waals surface area contributed by atoms with E-state index in [2.05, 4.69) is 15.6 Å². The van der Waals surface area contributed by atoms with E-state index in [-0.39, 0.29) is 17.9 Å². The lowest BCUT2D eigenvalue weighted by atomic mass is 10.2. The number of nitrogens with one attached hydrogen (secondary N) is 2. The van der Waals surface area contributed by atoms with Crippen LogP contribution in [0.15, 0.2) is 52.4 Å². The van der Waals surface area contributed by atoms with Gasteiger partial charge in [-0.2, -0.15) is 0 Å². The Morgan fingerprint density at radius 2 is 1.85 bits per heavy atom. The summed E-state index contributed by atoms with van der Waals surface area (Å²) in [5, 5.41) is 5.71. The summed E-state index contributed by atoms with van der Waals surface area (Å²) >= 11 is 1.09. The van der Waals surface area contributed by atoms with Crippen LogP contribution in [0.5, 0.6) is 11.5 Å². The first kappa shape index (κ1) is 24.1. The predicted molar refractivity (Wildman–Crippen MR) is 127 cm³/mol. The maximum atomic E-state index is 13.3. The van der Waals surface area contributed by atoms with Crippen molar-refractivity contribution in [3.05, 3.63) is 58.4 Å². The summed E-state index contributed by atoms with van der Waals surface area (Å²) in [5.74, 6) is 0.575. The molecule has 2 N–H and O–H groups in total. The molecule has 0 saturated carbocycles. The molecule has 0 aliphatic heterocycles. The molecule has 0 saturated heterocycles. The third-order valence-corrected chi connectivity index (χ3v) is 5.71. The van der Waals surface area contributed by atoms with E-state index < -0.39 is 11.9 Å². The second kappa shape index (κ2) is 11.4. The fourth-order valence-electron chi connectivity index (χ4n) is 3.13. The fraction of sp³-hybridized carbons (Fsp3) is 0.304. The van der Waals surface area contributed by atoms with Gasteiger partial charge in [0, 0.05) is 6.54 Å². The zero-order valence-corrected chi connectivity index (χ0v) is 19.5. The Balaban J connectivity index is 1.89. The summed E-state index contributed by atoms with van der Waals surface area (Å²) in [7, 11) is 3.10. The highest BCUT2D eigenvalue weighted by atomic mass is 32.2. The van der Waals surface area contributed by atoms with Crippen LogP contribution < -0.4 is 25.7 Å². The maximum Gasteiger partial charge on any atom is 0.321 e. The molecule has 0 bridgehead atoms. The van der Waals surface area contributed by atoms with E-state index in [1.165, 1.54) is 4.57 Å². The molecular weight excluding hydrogens is 444 g/mol. The van der Waals surface area contributed by atoms with Crippen LogP contribution >= 0.6 is 11.8 Å². The Labute approximate surface area is 195 Å². The van der Waals surface area contributed by atoms with Gasteiger partial charge in [0.2, 0.25) is 5.91 Å². The van der Waals surface area contributed by atoms with Gasteiger partial charge in [0.05, 0.1) is 37.4 Å². The number of methoxy groups -OCH3 is 2. The molecule has 1 aromatic heterocycles. The average Bonchev–Trinajstić information content (AvgIpc) is 2.83. The number of urea groups is 1. The molecule has 0 atom stereocenters. The highest BCUT2D eigenvalue weighted by Crippen LogP contribution is 2.28. The number of hydrogen-bond acceptors (Lipinski definition) is 7. The molecule has 1 heterocycles. The normalized spacial score (nSPS) is 10.6. The number of amides is 3. The third-order valence-electron chi connectivity index (χ3n) is 4.74. The van der Waals surface area contributed by atoms with Crippen molar-refractivity contribution >= 4 is 34.6 Å². The van der Waals surface area contributed by atoms with Crippen LogP contribution in [0.2, 0.25) is 0 Å². The number of thioether (sulfide) groups is 1. The summed E-state index contributed by atoms with van der Waals surface area (Å²) in [6.45, 7) is 2.61. The number of carbonyl (C=O) groups is 2. The van der Waals surface area contributed by atoms with Crippen molar-refractivity contribution in [1.29, 1.82) is 0 Å². The number of carbonyl (C=O) groups excluding carboxylic acids is 2. The van der Waals surface area contributed by atoms with Gasteiger partial charge in [0.25, 0.3) is 5.56 Å². The Bertz CT molecular complexity index is 1210. The Hall–Kier alpha value is -3.53. The van der Waals surface area contributed by atoms with Crippen LogP contribution in [-0.4, -0.2) is 48.0 Å². The van der Waals surface area contributed by atoms with E-state index in [9.17, 15) is 14.4 Å². The zero-order chi connectivity index (χ0) is 23.8. The Morgan fingerprint density at radius 3 is 2.58 bits per heavy atom. The first-order valence-corrected chi connectivity index (χ1v) is 11.4. The summed E-state index contributed by atoms with van der Waals surface area (Å²) in [6, 6.07) is 11.9. The highest BCUT2D eigenvalue weighted by Gasteiger charge is 2.15. The Kier molecular flexibility index (Phi) is 8.31. The van der Waals surface area contributed by atoms with Crippen LogP contribution in [0.4, 0.5) is 4.79 Å². The standard InChI is InChI=1S/C23H26N4O5S/c1-4-11-24-22(30)26-20(28)14-33-23-25-17-8-6-5-7-16(17)21(29)27(23)13-15-9-10-18(31-2)19(12-15)32-3/h5-10,12H,4,11,13-14H2,1-3H3,(H2,24,26,28,30). The third kappa shape index (κ3) is 6.04. The number of rotatable bonds is 9. The van der Waals surface area contributed by atoms with E-state index in [1.54, 1.807) is 50.6 Å². The molecule has 0 unspecified atom stereocenters. The Morgan fingerprint density at radius 1 is 1.09 bits per heavy atom. The molecule has 174 valence electrons. The summed E-state index contributed by atoms with van der Waals surface area (Å²) in [5.41, 5.74) is 1.12. The smallest absolute Gasteiger partial charge is 0.321 e. The van der Waals surface area contributed by atoms with Crippen molar-refractivity contribution in [2.75, 3.05) is 26.5 Å². The van der Waals surface area contributed by atoms with Crippen molar-refractivity contribution in [3.8, 4) is 11.5 Å². The van der Waals surface area contributed by atoms with Crippen LogP contribution in [0, 0.1) is 0 Å². The number of imide groups is 1. The molecule has 10 heteroatoms. The topological polar surface area (TPSA) is 112 Å². The number of benzene rings is 2. The first-order valence-electron chi connectivity index (χ1n) is 10.4. The van der Waals surface area contributed by atoms with Gasteiger partial charge in [0.15, 0.2) is 16.7 Å². The van der Waals surface area contributed by atoms with Gasteiger partial charge in [-0.05, 0) is 36.2 Å². The molecule has 0 aliphatic rings. The molecule has 0 spiro atoms. The van der Waals surface area contributed by atoms with Gasteiger partial charge in [-0.1, -0.05) is 36.9 Å². The number of fused-ring (bicyclic) bond motifs is 1. The summed E-state index contributed by atoms with van der Waals surface area (Å²) in [4.78, 5) is 41.8. The van der Waals surface area contributed by atoms with Crippen molar-refractivity contribution < 1.29 is 19.1 Å². The van der Waals surface area contributed by atoms with Gasteiger partial charge in [-0.25, -0.2) is 9.78 Å². The monoisotopic (exact) mass is 470 g/mol. The van der Waals surface area contributed by atoms with Crippen molar-refractivity contribution in [2.24, 2.45) is 0 Å². The molecule has 2 aromatic carbocycles. The molecule has 0 radical (unpaired) electrons. The lowest BCUT2D eigenvalue weighted by molar-refractivity contribution is -0.117. The highest BCUT2D eigenvalue weighted by molar-refractivity contribution is 7.99. The lowest BCUT2D eigenvalue weighted by Crippen LogP contribution is -2.40. The number of aromatic nitrogens is 2. The predicted octanol–water partition coefficient (Wildman–Crippen LogP) is 2.79. The van der Waals surface area contributed by atoms with Gasteiger partial charge in [-0.3, -0.25) is 19.5 Å². The fourth-order valence-corrected chi connectivity index (χ4v) is 3.93. The van der Waals surface area contributed by atoms with E-state index in [4.69, 9.17) is 9.47 Å². The van der Waals surface area contributed by atoms with Crippen molar-refractivity contribution in [2.45, 2.75) is 25.0 Å². The number of para-hydroxylation sites is 1. The summed E-state index contributed by atoms with van der Waals surface area (Å²) in [6.07, 6.45) is 0.764. The molecule has 9 nitrogen and oxygen atoms in total. The van der Waals surface area contributed by atoms with E-state index >= 15 is 0 Å². The first-order chi connectivity index (χ1) is 16.0. The SMILES string of the molecule is CCCNC(=O)NC(=O)CSc1nc2ccccc2c(=O)n1Cc1ccc(OC)c(OC)c1.